The highest BCUT2D eigenvalue weighted by Gasteiger charge is 2.13. The summed E-state index contributed by atoms with van der Waals surface area (Å²) < 4.78 is 1.25. The molecule has 0 aliphatic carbocycles. The Morgan fingerprint density at radius 2 is 2.22 bits per heavy atom. The molecule has 50 valence electrons. The third-order valence-electron chi connectivity index (χ3n) is 0.990. The summed E-state index contributed by atoms with van der Waals surface area (Å²) in [6.45, 7) is 7.24. The van der Waals surface area contributed by atoms with Gasteiger partial charge in [0.15, 0.2) is 0 Å². The maximum absolute atomic E-state index is 10.7. The van der Waals surface area contributed by atoms with Gasteiger partial charge in [0.25, 0.3) is 0 Å². The lowest BCUT2D eigenvalue weighted by atomic mass is 10.4. The Hall–Kier alpha value is -0.990. The Bertz CT molecular complexity index is 160. The van der Waals surface area contributed by atoms with Crippen molar-refractivity contribution in [3.8, 4) is 0 Å². The molecule has 0 unspecified atom stereocenters. The second kappa shape index (κ2) is 3.12. The van der Waals surface area contributed by atoms with E-state index in [-0.39, 0.29) is 11.6 Å². The fourth-order valence-electron chi connectivity index (χ4n) is 0.381. The first-order valence-corrected chi connectivity index (χ1v) is 2.77. The molecule has 0 rings (SSSR count). The molecule has 0 atom stereocenters. The molecule has 0 aromatic carbocycles. The summed E-state index contributed by atoms with van der Waals surface area (Å²) in [5.74, 6) is -0.308. The normalized spacial score (nSPS) is 8.67. The van der Waals surface area contributed by atoms with Gasteiger partial charge in [0.1, 0.15) is 19.0 Å². The fourth-order valence-corrected chi connectivity index (χ4v) is 0.381. The van der Waals surface area contributed by atoms with E-state index in [4.69, 9.17) is 5.41 Å². The number of amides is 1. The third kappa shape index (κ3) is 2.17. The molecule has 0 saturated carbocycles. The van der Waals surface area contributed by atoms with Crippen LogP contribution in [0.15, 0.2) is 0 Å². The Balaban J connectivity index is 4.05. The molecule has 3 heteroatoms. The Morgan fingerprint density at radius 1 is 1.78 bits per heavy atom. The summed E-state index contributed by atoms with van der Waals surface area (Å²) >= 11 is 0. The van der Waals surface area contributed by atoms with Gasteiger partial charge in [0, 0.05) is 0 Å². The van der Waals surface area contributed by atoms with Gasteiger partial charge in [-0.15, -0.1) is 0 Å². The van der Waals surface area contributed by atoms with Crippen molar-refractivity contribution in [2.75, 3.05) is 6.54 Å². The number of rotatable bonds is 2. The van der Waals surface area contributed by atoms with E-state index in [0.717, 1.165) is 0 Å². The van der Waals surface area contributed by atoms with Crippen molar-refractivity contribution in [1.82, 2.24) is 0 Å². The molecule has 9 heavy (non-hydrogen) atoms. The zero-order valence-electron chi connectivity index (χ0n) is 5.77. The molecule has 0 radical (unpaired) electrons. The van der Waals surface area contributed by atoms with Crippen LogP contribution in [-0.2, 0) is 4.79 Å². The summed E-state index contributed by atoms with van der Waals surface area (Å²) in [6, 6.07) is 0. The monoisotopic (exact) mass is 127 g/mol. The fraction of sp³-hybridized carbons (Fsp3) is 0.500. The molecule has 0 spiro atoms. The molecule has 1 amide bonds. The van der Waals surface area contributed by atoms with Crippen LogP contribution in [0.2, 0.25) is 0 Å². The Kier molecular flexibility index (Phi) is 2.78. The van der Waals surface area contributed by atoms with Gasteiger partial charge in [-0.1, -0.05) is 0 Å². The molecule has 0 fully saturated rings. The summed E-state index contributed by atoms with van der Waals surface area (Å²) in [5, 5.41) is 6.90. The molecule has 0 bridgehead atoms. The zero-order valence-corrected chi connectivity index (χ0v) is 5.77. The molecular formula is C6H11N2O+. The van der Waals surface area contributed by atoms with Crippen LogP contribution >= 0.6 is 0 Å². The maximum atomic E-state index is 10.7. The molecule has 3 nitrogen and oxygen atoms in total. The number of hydrogen-bond acceptors (Lipinski definition) is 2. The van der Waals surface area contributed by atoms with E-state index in [9.17, 15) is 4.79 Å². The smallest absolute Gasteiger partial charge is 0.296 e. The van der Waals surface area contributed by atoms with Gasteiger partial charge in [-0.25, -0.2) is 4.79 Å². The minimum atomic E-state index is -0.308. The topological polar surface area (TPSA) is 43.9 Å². The summed E-state index contributed by atoms with van der Waals surface area (Å²) in [5.41, 5.74) is 0.0341. The van der Waals surface area contributed by atoms with Crippen LogP contribution < -0.4 is 0 Å². The average molecular weight is 127 g/mol. The first-order chi connectivity index (χ1) is 4.09. The van der Waals surface area contributed by atoms with E-state index >= 15 is 0 Å². The molecule has 0 aliphatic rings. The molecule has 1 N–H and O–H groups in total. The van der Waals surface area contributed by atoms with Gasteiger partial charge >= 0.3 is 5.91 Å². The largest absolute Gasteiger partial charge is 0.432 e. The molecule has 0 aliphatic heterocycles. The number of hydrogen-bond donors (Lipinski definition) is 1. The molecule has 0 aromatic rings. The van der Waals surface area contributed by atoms with Gasteiger partial charge in [-0.05, 0) is 13.8 Å². The Labute approximate surface area is 54.5 Å². The van der Waals surface area contributed by atoms with Crippen molar-refractivity contribution >= 4 is 18.3 Å². The van der Waals surface area contributed by atoms with Crippen LogP contribution in [0.4, 0.5) is 0 Å². The van der Waals surface area contributed by atoms with Crippen LogP contribution in [0.25, 0.3) is 0 Å². The lowest BCUT2D eigenvalue weighted by Gasteiger charge is -1.90. The van der Waals surface area contributed by atoms with Crippen molar-refractivity contribution in [3.63, 3.8) is 0 Å². The maximum Gasteiger partial charge on any atom is 0.432 e. The minimum absolute atomic E-state index is 0.0341. The van der Waals surface area contributed by atoms with Crippen LogP contribution in [0.5, 0.6) is 0 Å². The predicted molar refractivity (Wildman–Crippen MR) is 36.3 cm³/mol. The predicted octanol–water partition coefficient (Wildman–Crippen LogP) is 0.286. The van der Waals surface area contributed by atoms with Gasteiger partial charge in [-0.3, -0.25) is 5.41 Å². The van der Waals surface area contributed by atoms with Gasteiger partial charge < -0.3 is 0 Å². The van der Waals surface area contributed by atoms with Crippen LogP contribution in [0.1, 0.15) is 13.8 Å². The number of nitrogens with zero attached hydrogens (tertiary/aromatic N) is 1. The van der Waals surface area contributed by atoms with Gasteiger partial charge in [-0.2, -0.15) is 4.58 Å². The molecule has 0 saturated heterocycles. The number of carbonyl (C=O) groups is 1. The zero-order chi connectivity index (χ0) is 7.44. The van der Waals surface area contributed by atoms with E-state index in [2.05, 4.69) is 6.72 Å². The van der Waals surface area contributed by atoms with E-state index in [0.29, 0.717) is 6.54 Å². The average Bonchev–Trinajstić information content (AvgIpc) is 1.84. The lowest BCUT2D eigenvalue weighted by Crippen LogP contribution is -2.24. The van der Waals surface area contributed by atoms with Crippen LogP contribution in [0.3, 0.4) is 0 Å². The van der Waals surface area contributed by atoms with Crippen molar-refractivity contribution in [1.29, 1.82) is 5.41 Å². The lowest BCUT2D eigenvalue weighted by molar-refractivity contribution is -0.429. The quantitative estimate of drug-likeness (QED) is 0.420. The van der Waals surface area contributed by atoms with E-state index in [1.807, 2.05) is 6.92 Å². The molecular weight excluding hydrogens is 116 g/mol. The number of carbonyl (C=O) groups excluding carboxylic acids is 1. The summed E-state index contributed by atoms with van der Waals surface area (Å²) in [4.78, 5) is 10.7. The highest BCUT2D eigenvalue weighted by molar-refractivity contribution is 6.33. The first kappa shape index (κ1) is 8.01. The summed E-state index contributed by atoms with van der Waals surface area (Å²) in [6.07, 6.45) is 0. The van der Waals surface area contributed by atoms with E-state index in [1.54, 1.807) is 0 Å². The third-order valence-corrected chi connectivity index (χ3v) is 0.990. The second-order valence-electron chi connectivity index (χ2n) is 1.79. The Morgan fingerprint density at radius 3 is 2.33 bits per heavy atom. The SMILES string of the molecule is C=[N+](CC)C(=O)C(C)=N. The standard InChI is InChI=1S/C6H11N2O/c1-4-8(3)6(9)5(2)7/h7H,3-4H2,1-2H3/q+1. The van der Waals surface area contributed by atoms with Crippen LogP contribution in [-0.4, -0.2) is 29.5 Å². The van der Waals surface area contributed by atoms with Crippen LogP contribution in [0, 0.1) is 5.41 Å². The highest BCUT2D eigenvalue weighted by Crippen LogP contribution is 1.77. The van der Waals surface area contributed by atoms with Crippen molar-refractivity contribution in [2.45, 2.75) is 13.8 Å². The van der Waals surface area contributed by atoms with E-state index in [1.165, 1.54) is 11.5 Å². The first-order valence-electron chi connectivity index (χ1n) is 2.77. The minimum Gasteiger partial charge on any atom is -0.296 e. The second-order valence-corrected chi connectivity index (χ2v) is 1.79. The molecule has 0 heterocycles. The number of nitrogens with one attached hydrogen (secondary N) is 1. The van der Waals surface area contributed by atoms with Gasteiger partial charge in [0.05, 0.1) is 0 Å². The van der Waals surface area contributed by atoms with Crippen molar-refractivity contribution in [2.24, 2.45) is 0 Å². The van der Waals surface area contributed by atoms with Crippen molar-refractivity contribution < 1.29 is 9.37 Å². The highest BCUT2D eigenvalue weighted by atomic mass is 16.2. The summed E-state index contributed by atoms with van der Waals surface area (Å²) in [7, 11) is 0. The van der Waals surface area contributed by atoms with E-state index < -0.39 is 0 Å². The molecule has 0 aromatic heterocycles. The van der Waals surface area contributed by atoms with Gasteiger partial charge in [0.2, 0.25) is 0 Å². The van der Waals surface area contributed by atoms with Crippen molar-refractivity contribution in [3.05, 3.63) is 0 Å².